The van der Waals surface area contributed by atoms with Crippen molar-refractivity contribution < 1.29 is 19.0 Å². The lowest BCUT2D eigenvalue weighted by atomic mass is 10.3. The maximum atomic E-state index is 11.7. The number of para-hydroxylation sites is 2. The topological polar surface area (TPSA) is 68.8 Å². The second kappa shape index (κ2) is 10.0. The summed E-state index contributed by atoms with van der Waals surface area (Å²) >= 11 is 0. The van der Waals surface area contributed by atoms with Crippen LogP contribution in [0.25, 0.3) is 0 Å². The third-order valence-electron chi connectivity index (χ3n) is 2.88. The molecule has 0 saturated carbocycles. The standard InChI is InChI=1S/C15H24N2O4/c1-12(15(18)17-8-10-19-2)16-9-11-21-14-7-5-4-6-13(14)20-3/h4-7,12,16H,8-11H2,1-3H3,(H,17,18). The molecule has 1 rings (SSSR count). The Kier molecular flexibility index (Phi) is 8.23. The number of rotatable bonds is 10. The fourth-order valence-electron chi connectivity index (χ4n) is 1.70. The molecule has 0 saturated heterocycles. The summed E-state index contributed by atoms with van der Waals surface area (Å²) in [6, 6.07) is 7.19. The average Bonchev–Trinajstić information content (AvgIpc) is 2.51. The Hall–Kier alpha value is -1.79. The van der Waals surface area contributed by atoms with E-state index in [9.17, 15) is 4.79 Å². The minimum absolute atomic E-state index is 0.0515. The molecule has 0 aliphatic heterocycles. The zero-order valence-electron chi connectivity index (χ0n) is 12.8. The van der Waals surface area contributed by atoms with Crippen LogP contribution in [0.5, 0.6) is 11.5 Å². The first kappa shape index (κ1) is 17.3. The molecule has 0 aliphatic carbocycles. The summed E-state index contributed by atoms with van der Waals surface area (Å²) in [4.78, 5) is 11.7. The van der Waals surface area contributed by atoms with Gasteiger partial charge in [0.05, 0.1) is 19.8 Å². The molecule has 2 N–H and O–H groups in total. The van der Waals surface area contributed by atoms with Gasteiger partial charge in [-0.1, -0.05) is 12.1 Å². The number of benzene rings is 1. The molecule has 1 atom stereocenters. The van der Waals surface area contributed by atoms with Crippen LogP contribution < -0.4 is 20.1 Å². The SMILES string of the molecule is COCCNC(=O)C(C)NCCOc1ccccc1OC. The summed E-state index contributed by atoms with van der Waals surface area (Å²) in [7, 11) is 3.20. The van der Waals surface area contributed by atoms with Crippen molar-refractivity contribution in [2.45, 2.75) is 13.0 Å². The summed E-state index contributed by atoms with van der Waals surface area (Å²) in [6.07, 6.45) is 0. The number of carbonyl (C=O) groups is 1. The quantitative estimate of drug-likeness (QED) is 0.626. The molecule has 0 radical (unpaired) electrons. The molecule has 1 aromatic carbocycles. The highest BCUT2D eigenvalue weighted by molar-refractivity contribution is 5.81. The van der Waals surface area contributed by atoms with E-state index in [1.165, 1.54) is 0 Å². The lowest BCUT2D eigenvalue weighted by Crippen LogP contribution is -2.44. The van der Waals surface area contributed by atoms with E-state index in [-0.39, 0.29) is 11.9 Å². The fraction of sp³-hybridized carbons (Fsp3) is 0.533. The second-order valence-corrected chi connectivity index (χ2v) is 4.46. The van der Waals surface area contributed by atoms with Gasteiger partial charge >= 0.3 is 0 Å². The van der Waals surface area contributed by atoms with E-state index < -0.39 is 0 Å². The van der Waals surface area contributed by atoms with Crippen molar-refractivity contribution in [1.29, 1.82) is 0 Å². The summed E-state index contributed by atoms with van der Waals surface area (Å²) in [5.41, 5.74) is 0. The van der Waals surface area contributed by atoms with E-state index in [0.29, 0.717) is 37.8 Å². The molecule has 21 heavy (non-hydrogen) atoms. The smallest absolute Gasteiger partial charge is 0.236 e. The first-order chi connectivity index (χ1) is 10.2. The number of hydrogen-bond acceptors (Lipinski definition) is 5. The van der Waals surface area contributed by atoms with Crippen LogP contribution in [0.1, 0.15) is 6.92 Å². The Morgan fingerprint density at radius 2 is 1.86 bits per heavy atom. The first-order valence-electron chi connectivity index (χ1n) is 6.95. The van der Waals surface area contributed by atoms with Crippen LogP contribution in [0.3, 0.4) is 0 Å². The van der Waals surface area contributed by atoms with Gasteiger partial charge in [0, 0.05) is 20.2 Å². The van der Waals surface area contributed by atoms with Gasteiger partial charge in [-0.05, 0) is 19.1 Å². The number of carbonyl (C=O) groups excluding carboxylic acids is 1. The molecule has 0 spiro atoms. The maximum absolute atomic E-state index is 11.7. The summed E-state index contributed by atoms with van der Waals surface area (Å²) in [5, 5.41) is 5.87. The number of hydrogen-bond donors (Lipinski definition) is 2. The van der Waals surface area contributed by atoms with Gasteiger partial charge < -0.3 is 24.8 Å². The molecule has 1 amide bonds. The molecule has 0 aromatic heterocycles. The third-order valence-corrected chi connectivity index (χ3v) is 2.88. The Bertz CT molecular complexity index is 426. The Labute approximate surface area is 125 Å². The molecule has 1 unspecified atom stereocenters. The second-order valence-electron chi connectivity index (χ2n) is 4.46. The number of ether oxygens (including phenoxy) is 3. The van der Waals surface area contributed by atoms with Crippen molar-refractivity contribution >= 4 is 5.91 Å². The number of nitrogens with one attached hydrogen (secondary N) is 2. The van der Waals surface area contributed by atoms with Crippen molar-refractivity contribution in [3.05, 3.63) is 24.3 Å². The molecule has 6 nitrogen and oxygen atoms in total. The monoisotopic (exact) mass is 296 g/mol. The van der Waals surface area contributed by atoms with Crippen LogP contribution in [-0.4, -0.2) is 52.5 Å². The van der Waals surface area contributed by atoms with E-state index in [0.717, 1.165) is 0 Å². The van der Waals surface area contributed by atoms with Crippen LogP contribution in [0.15, 0.2) is 24.3 Å². The molecule has 6 heteroatoms. The van der Waals surface area contributed by atoms with E-state index in [1.54, 1.807) is 14.2 Å². The van der Waals surface area contributed by atoms with Crippen molar-refractivity contribution in [3.63, 3.8) is 0 Å². The Morgan fingerprint density at radius 3 is 2.52 bits per heavy atom. The zero-order valence-corrected chi connectivity index (χ0v) is 12.8. The van der Waals surface area contributed by atoms with Gasteiger partial charge in [0.25, 0.3) is 0 Å². The highest BCUT2D eigenvalue weighted by Crippen LogP contribution is 2.25. The minimum atomic E-state index is -0.275. The van der Waals surface area contributed by atoms with Crippen LogP contribution in [0, 0.1) is 0 Å². The molecular formula is C15H24N2O4. The largest absolute Gasteiger partial charge is 0.493 e. The Morgan fingerprint density at radius 1 is 1.14 bits per heavy atom. The molecule has 0 bridgehead atoms. The number of methoxy groups -OCH3 is 2. The molecule has 1 aromatic rings. The van der Waals surface area contributed by atoms with E-state index in [2.05, 4.69) is 10.6 Å². The van der Waals surface area contributed by atoms with E-state index in [1.807, 2.05) is 31.2 Å². The van der Waals surface area contributed by atoms with Gasteiger partial charge in [0.2, 0.25) is 5.91 Å². The van der Waals surface area contributed by atoms with Crippen molar-refractivity contribution in [3.8, 4) is 11.5 Å². The summed E-state index contributed by atoms with van der Waals surface area (Å²) < 4.78 is 15.7. The predicted molar refractivity (Wildman–Crippen MR) is 80.8 cm³/mol. The zero-order chi connectivity index (χ0) is 15.5. The summed E-state index contributed by atoms with van der Waals surface area (Å²) in [5.74, 6) is 1.34. The van der Waals surface area contributed by atoms with Gasteiger partial charge in [-0.15, -0.1) is 0 Å². The third kappa shape index (κ3) is 6.46. The lowest BCUT2D eigenvalue weighted by Gasteiger charge is -2.15. The first-order valence-corrected chi connectivity index (χ1v) is 6.95. The van der Waals surface area contributed by atoms with Crippen LogP contribution in [-0.2, 0) is 9.53 Å². The van der Waals surface area contributed by atoms with Crippen molar-refractivity contribution in [1.82, 2.24) is 10.6 Å². The van der Waals surface area contributed by atoms with Gasteiger partial charge in [-0.25, -0.2) is 0 Å². The normalized spacial score (nSPS) is 11.8. The van der Waals surface area contributed by atoms with Crippen LogP contribution >= 0.6 is 0 Å². The van der Waals surface area contributed by atoms with Gasteiger partial charge in [-0.2, -0.15) is 0 Å². The highest BCUT2D eigenvalue weighted by atomic mass is 16.5. The average molecular weight is 296 g/mol. The Balaban J connectivity index is 2.22. The molecule has 0 heterocycles. The molecular weight excluding hydrogens is 272 g/mol. The van der Waals surface area contributed by atoms with Gasteiger partial charge in [0.1, 0.15) is 6.61 Å². The van der Waals surface area contributed by atoms with Crippen LogP contribution in [0.4, 0.5) is 0 Å². The van der Waals surface area contributed by atoms with E-state index >= 15 is 0 Å². The molecule has 0 aliphatic rings. The predicted octanol–water partition coefficient (Wildman–Crippen LogP) is 0.815. The minimum Gasteiger partial charge on any atom is -0.493 e. The highest BCUT2D eigenvalue weighted by Gasteiger charge is 2.11. The van der Waals surface area contributed by atoms with Crippen LogP contribution in [0.2, 0.25) is 0 Å². The number of amides is 1. The van der Waals surface area contributed by atoms with Crippen molar-refractivity contribution in [2.75, 3.05) is 40.5 Å². The van der Waals surface area contributed by atoms with Gasteiger partial charge in [0.15, 0.2) is 11.5 Å². The molecule has 118 valence electrons. The maximum Gasteiger partial charge on any atom is 0.236 e. The van der Waals surface area contributed by atoms with E-state index in [4.69, 9.17) is 14.2 Å². The summed E-state index contributed by atoms with van der Waals surface area (Å²) in [6.45, 7) is 3.85. The molecule has 0 fully saturated rings. The van der Waals surface area contributed by atoms with Gasteiger partial charge in [-0.3, -0.25) is 4.79 Å². The fourth-order valence-corrected chi connectivity index (χ4v) is 1.70. The lowest BCUT2D eigenvalue weighted by molar-refractivity contribution is -0.122. The van der Waals surface area contributed by atoms with Crippen molar-refractivity contribution in [2.24, 2.45) is 0 Å².